The van der Waals surface area contributed by atoms with E-state index in [0.717, 1.165) is 5.57 Å². The second kappa shape index (κ2) is 6.36. The van der Waals surface area contributed by atoms with Crippen LogP contribution >= 0.6 is 0 Å². The summed E-state index contributed by atoms with van der Waals surface area (Å²) in [5.74, 6) is -0.666. The van der Waals surface area contributed by atoms with Crippen LogP contribution in [0.3, 0.4) is 0 Å². The molecule has 0 spiro atoms. The molecule has 104 valence electrons. The minimum Gasteiger partial charge on any atom is -0.457 e. The Morgan fingerprint density at radius 2 is 2.11 bits per heavy atom. The first-order chi connectivity index (χ1) is 8.78. The summed E-state index contributed by atoms with van der Waals surface area (Å²) in [5.41, 5.74) is 0.441. The van der Waals surface area contributed by atoms with Gasteiger partial charge in [-0.05, 0) is 33.3 Å². The van der Waals surface area contributed by atoms with Crippen molar-refractivity contribution in [2.75, 3.05) is 0 Å². The molecule has 1 aliphatic heterocycles. The van der Waals surface area contributed by atoms with Crippen molar-refractivity contribution in [2.45, 2.75) is 45.8 Å². The molecule has 0 saturated heterocycles. The van der Waals surface area contributed by atoms with E-state index in [2.05, 4.69) is 0 Å². The van der Waals surface area contributed by atoms with Crippen LogP contribution in [-0.4, -0.2) is 23.6 Å². The molecule has 0 saturated carbocycles. The molecule has 1 heterocycles. The fraction of sp³-hybridized carbons (Fsp3) is 0.467. The number of rotatable bonds is 4. The van der Waals surface area contributed by atoms with E-state index >= 15 is 0 Å². The van der Waals surface area contributed by atoms with Gasteiger partial charge in [-0.3, -0.25) is 0 Å². The third kappa shape index (κ3) is 6.04. The summed E-state index contributed by atoms with van der Waals surface area (Å²) < 4.78 is 10.2. The predicted molar refractivity (Wildman–Crippen MR) is 72.4 cm³/mol. The summed E-state index contributed by atoms with van der Waals surface area (Å²) in [6.45, 7) is 7.31. The Bertz CT molecular complexity index is 436. The monoisotopic (exact) mass is 264 g/mol. The molecule has 0 N–H and O–H groups in total. The molecule has 0 fully saturated rings. The van der Waals surface area contributed by atoms with Gasteiger partial charge >= 0.3 is 11.9 Å². The molecule has 0 radical (unpaired) electrons. The largest absolute Gasteiger partial charge is 0.457 e. The number of carbonyl (C=O) groups excluding carboxylic acids is 2. The molecule has 1 aliphatic rings. The normalized spacial score (nSPS) is 19.9. The Hall–Kier alpha value is -1.84. The van der Waals surface area contributed by atoms with Crippen molar-refractivity contribution in [3.63, 3.8) is 0 Å². The lowest BCUT2D eigenvalue weighted by Crippen LogP contribution is -2.22. The highest BCUT2D eigenvalue weighted by Crippen LogP contribution is 2.18. The average molecular weight is 264 g/mol. The maximum absolute atomic E-state index is 11.4. The van der Waals surface area contributed by atoms with E-state index < -0.39 is 5.60 Å². The summed E-state index contributed by atoms with van der Waals surface area (Å²) in [6, 6.07) is 0. The number of esters is 2. The number of carbonyl (C=O) groups is 2. The van der Waals surface area contributed by atoms with Gasteiger partial charge in [0.15, 0.2) is 0 Å². The van der Waals surface area contributed by atoms with Crippen LogP contribution in [0, 0.1) is 0 Å². The number of allylic oxidation sites excluding steroid dienone is 2. The third-order valence-corrected chi connectivity index (χ3v) is 2.35. The molecule has 0 bridgehead atoms. The van der Waals surface area contributed by atoms with Crippen LogP contribution in [0.15, 0.2) is 36.0 Å². The van der Waals surface area contributed by atoms with Crippen molar-refractivity contribution in [3.8, 4) is 0 Å². The van der Waals surface area contributed by atoms with Crippen molar-refractivity contribution in [2.24, 2.45) is 0 Å². The van der Waals surface area contributed by atoms with Crippen molar-refractivity contribution >= 4 is 11.9 Å². The Morgan fingerprint density at radius 3 is 2.63 bits per heavy atom. The zero-order chi connectivity index (χ0) is 14.5. The lowest BCUT2D eigenvalue weighted by molar-refractivity contribution is -0.148. The maximum atomic E-state index is 11.4. The topological polar surface area (TPSA) is 52.6 Å². The smallest absolute Gasteiger partial charge is 0.331 e. The molecule has 0 aliphatic carbocycles. The molecule has 1 rings (SSSR count). The molecule has 4 nitrogen and oxygen atoms in total. The van der Waals surface area contributed by atoms with Gasteiger partial charge in [-0.15, -0.1) is 0 Å². The second-order valence-electron chi connectivity index (χ2n) is 5.37. The van der Waals surface area contributed by atoms with E-state index in [0.29, 0.717) is 6.42 Å². The van der Waals surface area contributed by atoms with Crippen LogP contribution in [0.25, 0.3) is 0 Å². The van der Waals surface area contributed by atoms with Gasteiger partial charge in [-0.2, -0.15) is 0 Å². The van der Waals surface area contributed by atoms with Crippen LogP contribution in [-0.2, 0) is 19.1 Å². The second-order valence-corrected chi connectivity index (χ2v) is 5.37. The predicted octanol–water partition coefficient (Wildman–Crippen LogP) is 2.70. The molecular weight excluding hydrogens is 244 g/mol. The zero-order valence-corrected chi connectivity index (χ0v) is 11.8. The van der Waals surface area contributed by atoms with E-state index in [1.54, 1.807) is 12.2 Å². The van der Waals surface area contributed by atoms with Crippen LogP contribution in [0.2, 0.25) is 0 Å². The van der Waals surface area contributed by atoms with Gasteiger partial charge in [-0.1, -0.05) is 18.2 Å². The van der Waals surface area contributed by atoms with Crippen LogP contribution < -0.4 is 0 Å². The summed E-state index contributed by atoms with van der Waals surface area (Å²) in [4.78, 5) is 22.3. The molecule has 4 heteroatoms. The van der Waals surface area contributed by atoms with Crippen molar-refractivity contribution in [1.82, 2.24) is 0 Å². The molecular formula is C15H20O4. The highest BCUT2D eigenvalue weighted by molar-refractivity contribution is 5.85. The highest BCUT2D eigenvalue weighted by atomic mass is 16.6. The minimum atomic E-state index is -0.481. The zero-order valence-electron chi connectivity index (χ0n) is 11.8. The molecule has 0 amide bonds. The summed E-state index contributed by atoms with van der Waals surface area (Å²) >= 11 is 0. The van der Waals surface area contributed by atoms with E-state index in [-0.39, 0.29) is 18.0 Å². The van der Waals surface area contributed by atoms with Crippen molar-refractivity contribution < 1.29 is 19.1 Å². The average Bonchev–Trinajstić information content (AvgIpc) is 2.54. The Labute approximate surface area is 113 Å². The quantitative estimate of drug-likeness (QED) is 0.445. The third-order valence-electron chi connectivity index (χ3n) is 2.35. The van der Waals surface area contributed by atoms with E-state index in [4.69, 9.17) is 9.47 Å². The first-order valence-corrected chi connectivity index (χ1v) is 6.23. The first-order valence-electron chi connectivity index (χ1n) is 6.23. The molecule has 19 heavy (non-hydrogen) atoms. The lowest BCUT2D eigenvalue weighted by Gasteiger charge is -2.17. The van der Waals surface area contributed by atoms with Gasteiger partial charge in [0.25, 0.3) is 0 Å². The van der Waals surface area contributed by atoms with Gasteiger partial charge in [0.1, 0.15) is 11.7 Å². The Balaban J connectivity index is 2.33. The van der Waals surface area contributed by atoms with Crippen LogP contribution in [0.5, 0.6) is 0 Å². The maximum Gasteiger partial charge on any atom is 0.331 e. The van der Waals surface area contributed by atoms with Gasteiger partial charge < -0.3 is 9.47 Å². The number of hydrogen-bond acceptors (Lipinski definition) is 4. The fourth-order valence-electron chi connectivity index (χ4n) is 1.53. The van der Waals surface area contributed by atoms with Crippen molar-refractivity contribution in [3.05, 3.63) is 36.0 Å². The molecule has 0 aromatic rings. The summed E-state index contributed by atoms with van der Waals surface area (Å²) in [6.07, 6.45) is 8.49. The Morgan fingerprint density at radius 1 is 1.42 bits per heavy atom. The van der Waals surface area contributed by atoms with E-state index in [9.17, 15) is 9.59 Å². The Kier molecular flexibility index (Phi) is 5.10. The van der Waals surface area contributed by atoms with E-state index in [1.807, 2.05) is 33.8 Å². The summed E-state index contributed by atoms with van der Waals surface area (Å²) in [5, 5.41) is 0. The van der Waals surface area contributed by atoms with Crippen molar-refractivity contribution in [1.29, 1.82) is 0 Å². The first kappa shape index (κ1) is 15.2. The highest BCUT2D eigenvalue weighted by Gasteiger charge is 2.20. The SMILES string of the molecule is CC1=CC(=O)O[C@@H]1C/C=C\C=C\C(=O)OC(C)(C)C. The molecule has 1 atom stereocenters. The van der Waals surface area contributed by atoms with E-state index in [1.165, 1.54) is 12.2 Å². The minimum absolute atomic E-state index is 0.182. The number of ether oxygens (including phenoxy) is 2. The molecule has 0 aromatic carbocycles. The molecule has 0 unspecified atom stereocenters. The van der Waals surface area contributed by atoms with Crippen LogP contribution in [0.1, 0.15) is 34.1 Å². The van der Waals surface area contributed by atoms with Crippen LogP contribution in [0.4, 0.5) is 0 Å². The number of cyclic esters (lactones) is 1. The van der Waals surface area contributed by atoms with Gasteiger partial charge in [0.2, 0.25) is 0 Å². The summed E-state index contributed by atoms with van der Waals surface area (Å²) in [7, 11) is 0. The standard InChI is InChI=1S/C15H20O4/c1-11-10-14(17)18-12(11)8-6-5-7-9-13(16)19-15(2,3)4/h5-7,9-10,12H,8H2,1-4H3/b6-5-,9-7+/t12-/m1/s1. The number of hydrogen-bond donors (Lipinski definition) is 0. The van der Waals surface area contributed by atoms with Gasteiger partial charge in [-0.25, -0.2) is 9.59 Å². The van der Waals surface area contributed by atoms with Gasteiger partial charge in [0, 0.05) is 18.6 Å². The van der Waals surface area contributed by atoms with Gasteiger partial charge in [0.05, 0.1) is 0 Å². The fourth-order valence-corrected chi connectivity index (χ4v) is 1.53. The molecule has 0 aromatic heterocycles. The lowest BCUT2D eigenvalue weighted by atomic mass is 10.1.